The van der Waals surface area contributed by atoms with Crippen molar-refractivity contribution in [2.45, 2.75) is 45.1 Å². The fourth-order valence-electron chi connectivity index (χ4n) is 4.39. The number of carbonyl (C=O) groups excluding carboxylic acids is 2. The standard InChI is InChI=1S/C18H24N2O3/c21-16(19-11-14-6-3-9-23-14)15-10-18(15)7-8-20(12-18)17(22)13-4-1-2-5-13/h3,6,9,13,15H,1-2,4-5,7-8,10-12H2,(H,19,21)/t15-,18+/m0/s1. The number of hydrogen-bond donors (Lipinski definition) is 1. The highest BCUT2D eigenvalue weighted by Crippen LogP contribution is 2.58. The van der Waals surface area contributed by atoms with Gasteiger partial charge in [0.25, 0.3) is 0 Å². The number of nitrogens with zero attached hydrogens (tertiary/aromatic N) is 1. The van der Waals surface area contributed by atoms with Gasteiger partial charge in [-0.25, -0.2) is 0 Å². The van der Waals surface area contributed by atoms with Gasteiger partial charge in [0.2, 0.25) is 11.8 Å². The maximum Gasteiger partial charge on any atom is 0.225 e. The van der Waals surface area contributed by atoms with Gasteiger partial charge >= 0.3 is 0 Å². The normalized spacial score (nSPS) is 30.1. The first kappa shape index (κ1) is 14.8. The molecule has 5 nitrogen and oxygen atoms in total. The molecule has 3 fully saturated rings. The van der Waals surface area contributed by atoms with Crippen molar-refractivity contribution in [2.75, 3.05) is 13.1 Å². The molecule has 2 amide bonds. The summed E-state index contributed by atoms with van der Waals surface area (Å²) in [4.78, 5) is 26.9. The van der Waals surface area contributed by atoms with E-state index < -0.39 is 0 Å². The lowest BCUT2D eigenvalue weighted by atomic mass is 10.0. The molecule has 5 heteroatoms. The topological polar surface area (TPSA) is 62.6 Å². The zero-order chi connectivity index (χ0) is 15.9. The molecule has 2 atom stereocenters. The Morgan fingerprint density at radius 2 is 2.17 bits per heavy atom. The van der Waals surface area contributed by atoms with Crippen molar-refractivity contribution in [1.29, 1.82) is 0 Å². The Morgan fingerprint density at radius 1 is 1.35 bits per heavy atom. The molecule has 1 N–H and O–H groups in total. The number of rotatable bonds is 4. The van der Waals surface area contributed by atoms with Crippen LogP contribution in [0, 0.1) is 17.3 Å². The Kier molecular flexibility index (Phi) is 3.66. The molecule has 2 saturated carbocycles. The molecular weight excluding hydrogens is 292 g/mol. The van der Waals surface area contributed by atoms with Crippen LogP contribution in [0.25, 0.3) is 0 Å². The summed E-state index contributed by atoms with van der Waals surface area (Å²) in [5.74, 6) is 1.53. The summed E-state index contributed by atoms with van der Waals surface area (Å²) in [5.41, 5.74) is 0.0571. The minimum atomic E-state index is 0.0571. The van der Waals surface area contributed by atoms with E-state index in [9.17, 15) is 9.59 Å². The molecule has 0 bridgehead atoms. The minimum absolute atomic E-state index is 0.0571. The molecule has 2 heterocycles. The number of amides is 2. The van der Waals surface area contributed by atoms with Crippen LogP contribution in [0.4, 0.5) is 0 Å². The lowest BCUT2D eigenvalue weighted by molar-refractivity contribution is -0.134. The van der Waals surface area contributed by atoms with Crippen molar-refractivity contribution in [3.8, 4) is 0 Å². The third-order valence-corrected chi connectivity index (χ3v) is 5.92. The first-order chi connectivity index (χ1) is 11.2. The average molecular weight is 316 g/mol. The molecule has 3 aliphatic rings. The molecule has 23 heavy (non-hydrogen) atoms. The van der Waals surface area contributed by atoms with Gasteiger partial charge in [-0.05, 0) is 37.8 Å². The van der Waals surface area contributed by atoms with Gasteiger partial charge < -0.3 is 14.6 Å². The summed E-state index contributed by atoms with van der Waals surface area (Å²) < 4.78 is 5.24. The molecule has 1 saturated heterocycles. The second-order valence-corrected chi connectivity index (χ2v) is 7.41. The van der Waals surface area contributed by atoms with E-state index in [1.165, 1.54) is 12.8 Å². The molecule has 1 aromatic rings. The van der Waals surface area contributed by atoms with Gasteiger partial charge in [0.15, 0.2) is 0 Å². The second-order valence-electron chi connectivity index (χ2n) is 7.41. The SMILES string of the molecule is O=C(NCc1ccco1)[C@@H]1C[C@@]12CCN(C(=O)C1CCCC1)C2. The number of furan rings is 1. The molecule has 124 valence electrons. The predicted octanol–water partition coefficient (Wildman–Crippen LogP) is 2.32. The Balaban J connectivity index is 1.29. The van der Waals surface area contributed by atoms with Crippen LogP contribution in [-0.2, 0) is 16.1 Å². The minimum Gasteiger partial charge on any atom is -0.467 e. The van der Waals surface area contributed by atoms with Crippen LogP contribution >= 0.6 is 0 Å². The monoisotopic (exact) mass is 316 g/mol. The first-order valence-corrected chi connectivity index (χ1v) is 8.77. The zero-order valence-corrected chi connectivity index (χ0v) is 13.4. The molecule has 2 aliphatic carbocycles. The van der Waals surface area contributed by atoms with E-state index >= 15 is 0 Å². The van der Waals surface area contributed by atoms with E-state index in [2.05, 4.69) is 5.32 Å². The Bertz CT molecular complexity index is 591. The van der Waals surface area contributed by atoms with Crippen molar-refractivity contribution < 1.29 is 14.0 Å². The van der Waals surface area contributed by atoms with Crippen molar-refractivity contribution in [3.63, 3.8) is 0 Å². The number of nitrogens with one attached hydrogen (secondary N) is 1. The molecule has 0 unspecified atom stereocenters. The van der Waals surface area contributed by atoms with E-state index in [0.29, 0.717) is 12.5 Å². The van der Waals surface area contributed by atoms with E-state index in [1.807, 2.05) is 17.0 Å². The largest absolute Gasteiger partial charge is 0.467 e. The van der Waals surface area contributed by atoms with Gasteiger partial charge in [-0.1, -0.05) is 12.8 Å². The fourth-order valence-corrected chi connectivity index (χ4v) is 4.39. The van der Waals surface area contributed by atoms with Gasteiger partial charge in [0.1, 0.15) is 5.76 Å². The predicted molar refractivity (Wildman–Crippen MR) is 84.2 cm³/mol. The maximum absolute atomic E-state index is 12.5. The van der Waals surface area contributed by atoms with Crippen LogP contribution in [0.2, 0.25) is 0 Å². The molecular formula is C18H24N2O3. The van der Waals surface area contributed by atoms with Crippen LogP contribution in [-0.4, -0.2) is 29.8 Å². The Morgan fingerprint density at radius 3 is 2.91 bits per heavy atom. The Labute approximate surface area is 136 Å². The summed E-state index contributed by atoms with van der Waals surface area (Å²) in [6, 6.07) is 3.68. The first-order valence-electron chi connectivity index (χ1n) is 8.77. The lowest BCUT2D eigenvalue weighted by Crippen LogP contribution is -2.34. The molecule has 0 radical (unpaired) electrons. The van der Waals surface area contributed by atoms with Crippen LogP contribution in [0.1, 0.15) is 44.3 Å². The van der Waals surface area contributed by atoms with E-state index in [0.717, 1.165) is 44.5 Å². The van der Waals surface area contributed by atoms with E-state index in [4.69, 9.17) is 4.42 Å². The van der Waals surface area contributed by atoms with E-state index in [1.54, 1.807) is 6.26 Å². The summed E-state index contributed by atoms with van der Waals surface area (Å²) >= 11 is 0. The summed E-state index contributed by atoms with van der Waals surface area (Å²) in [7, 11) is 0. The highest BCUT2D eigenvalue weighted by atomic mass is 16.3. The van der Waals surface area contributed by atoms with Crippen LogP contribution in [0.15, 0.2) is 22.8 Å². The second kappa shape index (κ2) is 5.69. The highest BCUT2D eigenvalue weighted by Gasteiger charge is 2.61. The van der Waals surface area contributed by atoms with Crippen molar-refractivity contribution >= 4 is 11.8 Å². The third kappa shape index (κ3) is 2.77. The van der Waals surface area contributed by atoms with Gasteiger partial charge in [-0.3, -0.25) is 9.59 Å². The maximum atomic E-state index is 12.5. The fraction of sp³-hybridized carbons (Fsp3) is 0.667. The quantitative estimate of drug-likeness (QED) is 0.927. The smallest absolute Gasteiger partial charge is 0.225 e. The number of carbonyl (C=O) groups is 2. The van der Waals surface area contributed by atoms with Gasteiger partial charge in [0.05, 0.1) is 12.8 Å². The van der Waals surface area contributed by atoms with E-state index in [-0.39, 0.29) is 23.2 Å². The van der Waals surface area contributed by atoms with Crippen LogP contribution in [0.3, 0.4) is 0 Å². The molecule has 4 rings (SSSR count). The lowest BCUT2D eigenvalue weighted by Gasteiger charge is -2.20. The number of hydrogen-bond acceptors (Lipinski definition) is 3. The van der Waals surface area contributed by atoms with Gasteiger partial charge in [0, 0.05) is 30.3 Å². The highest BCUT2D eigenvalue weighted by molar-refractivity contribution is 5.84. The van der Waals surface area contributed by atoms with Crippen molar-refractivity contribution in [1.82, 2.24) is 10.2 Å². The van der Waals surface area contributed by atoms with Crippen molar-refractivity contribution in [3.05, 3.63) is 24.2 Å². The van der Waals surface area contributed by atoms with Crippen molar-refractivity contribution in [2.24, 2.45) is 17.3 Å². The van der Waals surface area contributed by atoms with Gasteiger partial charge in [-0.15, -0.1) is 0 Å². The summed E-state index contributed by atoms with van der Waals surface area (Å²) in [5, 5.41) is 2.96. The van der Waals surface area contributed by atoms with Crippen LogP contribution in [0.5, 0.6) is 0 Å². The Hall–Kier alpha value is -1.78. The van der Waals surface area contributed by atoms with Gasteiger partial charge in [-0.2, -0.15) is 0 Å². The summed E-state index contributed by atoms with van der Waals surface area (Å²) in [6.45, 7) is 2.06. The molecule has 0 aromatic carbocycles. The average Bonchev–Trinajstić information content (AvgIpc) is 3.07. The number of likely N-dealkylation sites (tertiary alicyclic amines) is 1. The van der Waals surface area contributed by atoms with Crippen LogP contribution < -0.4 is 5.32 Å². The molecule has 1 aromatic heterocycles. The molecule has 1 spiro atoms. The third-order valence-electron chi connectivity index (χ3n) is 5.92. The zero-order valence-electron chi connectivity index (χ0n) is 13.4. The molecule has 1 aliphatic heterocycles. The summed E-state index contributed by atoms with van der Waals surface area (Å²) in [6.07, 6.45) is 7.99.